The molecule has 0 spiro atoms. The second kappa shape index (κ2) is 7.80. The van der Waals surface area contributed by atoms with Crippen molar-refractivity contribution < 1.29 is 14.0 Å². The summed E-state index contributed by atoms with van der Waals surface area (Å²) in [6.07, 6.45) is 0. The summed E-state index contributed by atoms with van der Waals surface area (Å²) < 4.78 is 12.9. The van der Waals surface area contributed by atoms with Crippen LogP contribution in [-0.2, 0) is 0 Å². The zero-order chi connectivity index (χ0) is 18.5. The van der Waals surface area contributed by atoms with E-state index >= 15 is 0 Å². The van der Waals surface area contributed by atoms with Crippen LogP contribution in [0.5, 0.6) is 0 Å². The lowest BCUT2D eigenvalue weighted by Gasteiger charge is -2.09. The Morgan fingerprint density at radius 1 is 0.731 bits per heavy atom. The molecule has 0 saturated heterocycles. The Bertz CT molecular complexity index is 958. The Balaban J connectivity index is 1.72. The first-order valence-corrected chi connectivity index (χ1v) is 8.13. The largest absolute Gasteiger partial charge is 0.322 e. The second-order valence-electron chi connectivity index (χ2n) is 5.51. The molecule has 0 bridgehead atoms. The van der Waals surface area contributed by atoms with E-state index in [0.717, 1.165) is 0 Å². The molecule has 26 heavy (non-hydrogen) atoms. The van der Waals surface area contributed by atoms with Gasteiger partial charge in [0, 0.05) is 27.5 Å². The van der Waals surface area contributed by atoms with Gasteiger partial charge in [-0.3, -0.25) is 9.59 Å². The van der Waals surface area contributed by atoms with Gasteiger partial charge in [0.05, 0.1) is 0 Å². The van der Waals surface area contributed by atoms with E-state index < -0.39 is 0 Å². The fourth-order valence-corrected chi connectivity index (χ4v) is 2.50. The minimum Gasteiger partial charge on any atom is -0.322 e. The van der Waals surface area contributed by atoms with Crippen molar-refractivity contribution in [3.8, 4) is 0 Å². The summed E-state index contributed by atoms with van der Waals surface area (Å²) in [5.74, 6) is -1.08. The maximum Gasteiger partial charge on any atom is 0.255 e. The van der Waals surface area contributed by atoms with E-state index in [1.54, 1.807) is 48.5 Å². The van der Waals surface area contributed by atoms with E-state index in [2.05, 4.69) is 10.6 Å². The molecule has 0 saturated carbocycles. The van der Waals surface area contributed by atoms with Crippen LogP contribution in [0, 0.1) is 5.82 Å². The van der Waals surface area contributed by atoms with Gasteiger partial charge in [-0.2, -0.15) is 0 Å². The van der Waals surface area contributed by atoms with Gasteiger partial charge in [0.15, 0.2) is 0 Å². The van der Waals surface area contributed by atoms with Crippen molar-refractivity contribution in [2.75, 3.05) is 10.6 Å². The molecule has 4 nitrogen and oxygen atoms in total. The first kappa shape index (κ1) is 17.6. The molecule has 130 valence electrons. The van der Waals surface area contributed by atoms with E-state index in [1.807, 2.05) is 0 Å². The lowest BCUT2D eigenvalue weighted by Crippen LogP contribution is -2.14. The van der Waals surface area contributed by atoms with E-state index in [0.29, 0.717) is 27.5 Å². The minimum absolute atomic E-state index is 0.330. The van der Waals surface area contributed by atoms with Crippen LogP contribution in [0.3, 0.4) is 0 Å². The molecule has 3 aromatic rings. The monoisotopic (exact) mass is 368 g/mol. The van der Waals surface area contributed by atoms with Gasteiger partial charge in [-0.15, -0.1) is 0 Å². The van der Waals surface area contributed by atoms with Gasteiger partial charge >= 0.3 is 0 Å². The highest BCUT2D eigenvalue weighted by Crippen LogP contribution is 2.16. The number of nitrogens with one attached hydrogen (secondary N) is 2. The van der Waals surface area contributed by atoms with Crippen LogP contribution in [0.1, 0.15) is 20.7 Å². The molecule has 0 aliphatic carbocycles. The zero-order valence-corrected chi connectivity index (χ0v) is 14.3. The second-order valence-corrected chi connectivity index (χ2v) is 5.94. The number of rotatable bonds is 4. The molecule has 0 aliphatic heterocycles. The van der Waals surface area contributed by atoms with Crippen LogP contribution >= 0.6 is 11.6 Å². The predicted octanol–water partition coefficient (Wildman–Crippen LogP) is 4.98. The van der Waals surface area contributed by atoms with Crippen LogP contribution in [0.25, 0.3) is 0 Å². The van der Waals surface area contributed by atoms with Crippen molar-refractivity contribution in [2.24, 2.45) is 0 Å². The summed E-state index contributed by atoms with van der Waals surface area (Å²) in [6, 6.07) is 18.5. The fourth-order valence-electron chi connectivity index (χ4n) is 2.31. The molecule has 0 aromatic heterocycles. The van der Waals surface area contributed by atoms with Crippen LogP contribution in [0.15, 0.2) is 72.8 Å². The molecule has 0 fully saturated rings. The van der Waals surface area contributed by atoms with Crippen molar-refractivity contribution in [3.63, 3.8) is 0 Å². The normalized spacial score (nSPS) is 10.2. The van der Waals surface area contributed by atoms with Crippen LogP contribution in [-0.4, -0.2) is 11.8 Å². The van der Waals surface area contributed by atoms with Gasteiger partial charge in [0.2, 0.25) is 0 Å². The molecule has 0 unspecified atom stereocenters. The third-order valence-electron chi connectivity index (χ3n) is 3.57. The van der Waals surface area contributed by atoms with Gasteiger partial charge in [-0.25, -0.2) is 4.39 Å². The van der Waals surface area contributed by atoms with Crippen LogP contribution < -0.4 is 10.6 Å². The Morgan fingerprint density at radius 3 is 1.96 bits per heavy atom. The lowest BCUT2D eigenvalue weighted by molar-refractivity contribution is 0.101. The highest BCUT2D eigenvalue weighted by atomic mass is 35.5. The average Bonchev–Trinajstić information content (AvgIpc) is 2.64. The topological polar surface area (TPSA) is 58.2 Å². The van der Waals surface area contributed by atoms with Gasteiger partial charge in [0.25, 0.3) is 11.8 Å². The Hall–Kier alpha value is -3.18. The van der Waals surface area contributed by atoms with Gasteiger partial charge in [0.1, 0.15) is 5.82 Å². The van der Waals surface area contributed by atoms with Crippen LogP contribution in [0.2, 0.25) is 5.02 Å². The Kier molecular flexibility index (Phi) is 5.29. The molecule has 6 heteroatoms. The molecule has 2 amide bonds. The smallest absolute Gasteiger partial charge is 0.255 e. The summed E-state index contributed by atoms with van der Waals surface area (Å²) in [5.41, 5.74) is 1.73. The maximum atomic E-state index is 12.9. The van der Waals surface area contributed by atoms with Crippen molar-refractivity contribution in [1.82, 2.24) is 0 Å². The summed E-state index contributed by atoms with van der Waals surface area (Å²) >= 11 is 5.89. The first-order chi connectivity index (χ1) is 12.5. The number of halogens is 2. The van der Waals surface area contributed by atoms with E-state index in [9.17, 15) is 14.0 Å². The molecule has 0 heterocycles. The molecule has 3 aromatic carbocycles. The van der Waals surface area contributed by atoms with Crippen LogP contribution in [0.4, 0.5) is 15.8 Å². The number of carbonyl (C=O) groups excluding carboxylic acids is 2. The summed E-state index contributed by atoms with van der Waals surface area (Å²) in [4.78, 5) is 24.6. The molecule has 0 aliphatic rings. The number of hydrogen-bond donors (Lipinski definition) is 2. The molecular formula is C20H14ClFN2O2. The van der Waals surface area contributed by atoms with Gasteiger partial charge < -0.3 is 10.6 Å². The van der Waals surface area contributed by atoms with Crippen molar-refractivity contribution >= 4 is 34.8 Å². The zero-order valence-electron chi connectivity index (χ0n) is 13.5. The number of benzene rings is 3. The van der Waals surface area contributed by atoms with E-state index in [4.69, 9.17) is 11.6 Å². The van der Waals surface area contributed by atoms with Crippen molar-refractivity contribution in [2.45, 2.75) is 0 Å². The predicted molar refractivity (Wildman–Crippen MR) is 100 cm³/mol. The minimum atomic E-state index is -0.381. The maximum absolute atomic E-state index is 12.9. The Labute approximate surface area is 154 Å². The highest BCUT2D eigenvalue weighted by molar-refractivity contribution is 6.31. The number of hydrogen-bond acceptors (Lipinski definition) is 2. The molecular weight excluding hydrogens is 355 g/mol. The quantitative estimate of drug-likeness (QED) is 0.682. The highest BCUT2D eigenvalue weighted by Gasteiger charge is 2.10. The molecule has 0 atom stereocenters. The summed E-state index contributed by atoms with van der Waals surface area (Å²) in [7, 11) is 0. The first-order valence-electron chi connectivity index (χ1n) is 7.75. The van der Waals surface area contributed by atoms with Gasteiger partial charge in [-0.1, -0.05) is 23.7 Å². The van der Waals surface area contributed by atoms with Crippen molar-refractivity contribution in [3.05, 3.63) is 94.8 Å². The third kappa shape index (κ3) is 4.46. The number of anilines is 2. The summed E-state index contributed by atoms with van der Waals surface area (Å²) in [6.45, 7) is 0. The standard InChI is InChI=1S/C20H14ClFN2O2/c21-15-5-1-3-13(11-15)19(25)24-18-6-2-4-14(12-18)20(26)23-17-9-7-16(22)8-10-17/h1-12H,(H,23,26)(H,24,25). The Morgan fingerprint density at radius 2 is 1.31 bits per heavy atom. The molecule has 0 radical (unpaired) electrons. The van der Waals surface area contributed by atoms with E-state index in [-0.39, 0.29) is 17.6 Å². The molecule has 2 N–H and O–H groups in total. The fraction of sp³-hybridized carbons (Fsp3) is 0. The average molecular weight is 369 g/mol. The van der Waals surface area contributed by atoms with Crippen molar-refractivity contribution in [1.29, 1.82) is 0 Å². The lowest BCUT2D eigenvalue weighted by atomic mass is 10.1. The third-order valence-corrected chi connectivity index (χ3v) is 3.81. The van der Waals surface area contributed by atoms with E-state index in [1.165, 1.54) is 24.3 Å². The number of amides is 2. The SMILES string of the molecule is O=C(Nc1cccc(C(=O)Nc2ccc(F)cc2)c1)c1cccc(Cl)c1. The summed E-state index contributed by atoms with van der Waals surface area (Å²) in [5, 5.41) is 5.86. The number of carbonyl (C=O) groups is 2. The molecule has 3 rings (SSSR count). The van der Waals surface area contributed by atoms with Gasteiger partial charge in [-0.05, 0) is 60.7 Å².